The molecule has 1 heterocycles. The molecule has 1 unspecified atom stereocenters. The highest BCUT2D eigenvalue weighted by molar-refractivity contribution is 7.90. The predicted octanol–water partition coefficient (Wildman–Crippen LogP) is 1.42. The monoisotopic (exact) mass is 301 g/mol. The van der Waals surface area contributed by atoms with Crippen molar-refractivity contribution < 1.29 is 8.42 Å². The maximum atomic E-state index is 11.5. The van der Waals surface area contributed by atoms with Crippen LogP contribution in [0.3, 0.4) is 0 Å². The lowest BCUT2D eigenvalue weighted by Crippen LogP contribution is -2.38. The molecular weight excluding hydrogens is 274 g/mol. The molecule has 0 aliphatic carbocycles. The standard InChI is InChI=1S/C14H27N3O2S/c1-5-8-15-13(11-20(4,18)19)10-14-9-12(6-2)16-17(14)7-3/h9,13,15H,5-8,10-11H2,1-4H3. The van der Waals surface area contributed by atoms with Gasteiger partial charge in [0, 0.05) is 31.0 Å². The van der Waals surface area contributed by atoms with E-state index in [1.807, 2.05) is 4.68 Å². The average molecular weight is 301 g/mol. The molecule has 1 N–H and O–H groups in total. The van der Waals surface area contributed by atoms with E-state index in [4.69, 9.17) is 0 Å². The van der Waals surface area contributed by atoms with Crippen molar-refractivity contribution in [3.63, 3.8) is 0 Å². The Morgan fingerprint density at radius 1 is 1.35 bits per heavy atom. The Hall–Kier alpha value is -0.880. The van der Waals surface area contributed by atoms with Gasteiger partial charge in [-0.05, 0) is 32.4 Å². The number of rotatable bonds is 9. The van der Waals surface area contributed by atoms with E-state index in [9.17, 15) is 8.42 Å². The van der Waals surface area contributed by atoms with E-state index in [1.165, 1.54) is 6.26 Å². The molecule has 0 saturated carbocycles. The topological polar surface area (TPSA) is 64.0 Å². The molecule has 5 nitrogen and oxygen atoms in total. The Morgan fingerprint density at radius 3 is 2.55 bits per heavy atom. The molecule has 1 rings (SSSR count). The summed E-state index contributed by atoms with van der Waals surface area (Å²) in [5, 5.41) is 7.85. The van der Waals surface area contributed by atoms with Crippen molar-refractivity contribution in [1.82, 2.24) is 15.1 Å². The van der Waals surface area contributed by atoms with Gasteiger partial charge in [0.05, 0.1) is 11.4 Å². The first kappa shape index (κ1) is 17.2. The summed E-state index contributed by atoms with van der Waals surface area (Å²) >= 11 is 0. The van der Waals surface area contributed by atoms with Crippen molar-refractivity contribution >= 4 is 9.84 Å². The number of aryl methyl sites for hydroxylation is 2. The van der Waals surface area contributed by atoms with Gasteiger partial charge in [-0.3, -0.25) is 4.68 Å². The van der Waals surface area contributed by atoms with Crippen LogP contribution < -0.4 is 5.32 Å². The molecule has 0 spiro atoms. The van der Waals surface area contributed by atoms with E-state index in [2.05, 4.69) is 37.3 Å². The fourth-order valence-electron chi connectivity index (χ4n) is 2.28. The maximum Gasteiger partial charge on any atom is 0.148 e. The van der Waals surface area contributed by atoms with E-state index in [0.717, 1.165) is 37.3 Å². The van der Waals surface area contributed by atoms with E-state index in [0.29, 0.717) is 6.42 Å². The minimum absolute atomic E-state index is 0.0448. The first-order valence-electron chi connectivity index (χ1n) is 7.36. The summed E-state index contributed by atoms with van der Waals surface area (Å²) in [6.07, 6.45) is 3.89. The van der Waals surface area contributed by atoms with Crippen LogP contribution in [0.4, 0.5) is 0 Å². The van der Waals surface area contributed by atoms with Crippen LogP contribution in [0.2, 0.25) is 0 Å². The molecule has 0 fully saturated rings. The Labute approximate surface area is 122 Å². The van der Waals surface area contributed by atoms with Crippen LogP contribution in [-0.4, -0.2) is 42.8 Å². The lowest BCUT2D eigenvalue weighted by molar-refractivity contribution is 0.507. The van der Waals surface area contributed by atoms with Gasteiger partial charge in [-0.2, -0.15) is 5.10 Å². The molecule has 6 heteroatoms. The largest absolute Gasteiger partial charge is 0.313 e. The van der Waals surface area contributed by atoms with Gasteiger partial charge in [0.2, 0.25) is 0 Å². The van der Waals surface area contributed by atoms with Crippen LogP contribution in [-0.2, 0) is 29.2 Å². The minimum atomic E-state index is -2.98. The lowest BCUT2D eigenvalue weighted by atomic mass is 10.1. The number of hydrogen-bond donors (Lipinski definition) is 1. The molecule has 1 aromatic rings. The lowest BCUT2D eigenvalue weighted by Gasteiger charge is -2.18. The molecule has 20 heavy (non-hydrogen) atoms. The molecule has 0 aliphatic heterocycles. The van der Waals surface area contributed by atoms with Crippen molar-refractivity contribution in [3.05, 3.63) is 17.5 Å². The second-order valence-electron chi connectivity index (χ2n) is 5.24. The molecular formula is C14H27N3O2S. The van der Waals surface area contributed by atoms with Crippen molar-refractivity contribution in [2.75, 3.05) is 18.6 Å². The van der Waals surface area contributed by atoms with Gasteiger partial charge < -0.3 is 5.32 Å². The van der Waals surface area contributed by atoms with Gasteiger partial charge in [0.15, 0.2) is 0 Å². The molecule has 0 radical (unpaired) electrons. The highest BCUT2D eigenvalue weighted by Gasteiger charge is 2.18. The fourth-order valence-corrected chi connectivity index (χ4v) is 3.25. The fraction of sp³-hybridized carbons (Fsp3) is 0.786. The molecule has 0 amide bonds. The van der Waals surface area contributed by atoms with Gasteiger partial charge in [0.25, 0.3) is 0 Å². The second kappa shape index (κ2) is 7.78. The van der Waals surface area contributed by atoms with Crippen LogP contribution in [0.25, 0.3) is 0 Å². The maximum absolute atomic E-state index is 11.5. The number of nitrogens with one attached hydrogen (secondary N) is 1. The van der Waals surface area contributed by atoms with Gasteiger partial charge in [-0.25, -0.2) is 8.42 Å². The highest BCUT2D eigenvalue weighted by Crippen LogP contribution is 2.10. The Morgan fingerprint density at radius 2 is 2.05 bits per heavy atom. The summed E-state index contributed by atoms with van der Waals surface area (Å²) in [5.74, 6) is 0.170. The van der Waals surface area contributed by atoms with Crippen LogP contribution in [0.1, 0.15) is 38.6 Å². The Kier molecular flexibility index (Phi) is 6.68. The van der Waals surface area contributed by atoms with Gasteiger partial charge in [-0.15, -0.1) is 0 Å². The molecule has 116 valence electrons. The van der Waals surface area contributed by atoms with Gasteiger partial charge >= 0.3 is 0 Å². The number of nitrogens with zero attached hydrogens (tertiary/aromatic N) is 2. The molecule has 0 aliphatic rings. The smallest absolute Gasteiger partial charge is 0.148 e. The molecule has 1 atom stereocenters. The van der Waals surface area contributed by atoms with Crippen LogP contribution in [0, 0.1) is 0 Å². The predicted molar refractivity (Wildman–Crippen MR) is 82.8 cm³/mol. The van der Waals surface area contributed by atoms with Crippen LogP contribution >= 0.6 is 0 Å². The Bertz CT molecular complexity index is 508. The third-order valence-electron chi connectivity index (χ3n) is 3.22. The zero-order valence-electron chi connectivity index (χ0n) is 13.0. The molecule has 0 aromatic carbocycles. The van der Waals surface area contributed by atoms with E-state index < -0.39 is 9.84 Å². The summed E-state index contributed by atoms with van der Waals surface area (Å²) in [6.45, 7) is 7.86. The summed E-state index contributed by atoms with van der Waals surface area (Å²) in [4.78, 5) is 0. The zero-order valence-corrected chi connectivity index (χ0v) is 13.8. The van der Waals surface area contributed by atoms with Crippen LogP contribution in [0.15, 0.2) is 6.07 Å². The first-order valence-corrected chi connectivity index (χ1v) is 9.42. The molecule has 0 saturated heterocycles. The van der Waals surface area contributed by atoms with E-state index >= 15 is 0 Å². The number of aromatic nitrogens is 2. The summed E-state index contributed by atoms with van der Waals surface area (Å²) in [5.41, 5.74) is 2.18. The minimum Gasteiger partial charge on any atom is -0.313 e. The molecule has 1 aromatic heterocycles. The number of sulfone groups is 1. The van der Waals surface area contributed by atoms with E-state index in [1.54, 1.807) is 0 Å². The number of hydrogen-bond acceptors (Lipinski definition) is 4. The van der Waals surface area contributed by atoms with Crippen molar-refractivity contribution in [1.29, 1.82) is 0 Å². The normalized spacial score (nSPS) is 13.6. The second-order valence-corrected chi connectivity index (χ2v) is 7.43. The first-order chi connectivity index (χ1) is 9.39. The van der Waals surface area contributed by atoms with Crippen molar-refractivity contribution in [2.24, 2.45) is 0 Å². The van der Waals surface area contributed by atoms with Gasteiger partial charge in [0.1, 0.15) is 9.84 Å². The van der Waals surface area contributed by atoms with Crippen molar-refractivity contribution in [3.8, 4) is 0 Å². The summed E-state index contributed by atoms with van der Waals surface area (Å²) in [6, 6.07) is 2.04. The van der Waals surface area contributed by atoms with E-state index in [-0.39, 0.29) is 11.8 Å². The average Bonchev–Trinajstić information content (AvgIpc) is 2.76. The third-order valence-corrected chi connectivity index (χ3v) is 4.23. The molecule has 0 bridgehead atoms. The highest BCUT2D eigenvalue weighted by atomic mass is 32.2. The van der Waals surface area contributed by atoms with Gasteiger partial charge in [-0.1, -0.05) is 13.8 Å². The van der Waals surface area contributed by atoms with Crippen LogP contribution in [0.5, 0.6) is 0 Å². The summed E-state index contributed by atoms with van der Waals surface area (Å²) in [7, 11) is -2.98. The zero-order chi connectivity index (χ0) is 15.2. The SMILES string of the molecule is CCCNC(Cc1cc(CC)nn1CC)CS(C)(=O)=O. The quantitative estimate of drug-likeness (QED) is 0.749. The third kappa shape index (κ3) is 5.63. The Balaban J connectivity index is 2.84. The summed E-state index contributed by atoms with van der Waals surface area (Å²) < 4.78 is 25.1. The van der Waals surface area contributed by atoms with Crippen molar-refractivity contribution in [2.45, 2.75) is 52.6 Å².